The Balaban J connectivity index is 1.51. The number of rotatable bonds is 7. The summed E-state index contributed by atoms with van der Waals surface area (Å²) >= 11 is 0. The predicted octanol–water partition coefficient (Wildman–Crippen LogP) is 3.07. The molecule has 0 bridgehead atoms. The van der Waals surface area contributed by atoms with Crippen molar-refractivity contribution in [2.75, 3.05) is 32.8 Å². The Hall–Kier alpha value is -1.19. The van der Waals surface area contributed by atoms with Gasteiger partial charge in [-0.2, -0.15) is 0 Å². The van der Waals surface area contributed by atoms with Crippen LogP contribution in [-0.2, 0) is 15.7 Å². The van der Waals surface area contributed by atoms with Crippen molar-refractivity contribution in [3.8, 4) is 12.3 Å². The fourth-order valence-electron chi connectivity index (χ4n) is 4.19. The Morgan fingerprint density at radius 3 is 2.62 bits per heavy atom. The van der Waals surface area contributed by atoms with Gasteiger partial charge < -0.3 is 4.74 Å². The summed E-state index contributed by atoms with van der Waals surface area (Å²) in [5.74, 6) is 2.54. The molecule has 2 fully saturated rings. The molecule has 2 aliphatic rings. The lowest BCUT2D eigenvalue weighted by molar-refractivity contribution is 0.0431. The van der Waals surface area contributed by atoms with Crippen LogP contribution in [0.5, 0.6) is 0 Å². The van der Waals surface area contributed by atoms with Gasteiger partial charge in [-0.25, -0.2) is 8.51 Å². The second-order valence-electron chi connectivity index (χ2n) is 7.16. The van der Waals surface area contributed by atoms with Gasteiger partial charge in [0.15, 0.2) is 0 Å². The van der Waals surface area contributed by atoms with E-state index in [2.05, 4.69) is 15.1 Å². The molecule has 3 rings (SSSR count). The number of hydrogen-bond donors (Lipinski definition) is 0. The van der Waals surface area contributed by atoms with E-state index in [1.807, 2.05) is 30.3 Å². The quantitative estimate of drug-likeness (QED) is 0.543. The van der Waals surface area contributed by atoms with Gasteiger partial charge in [0.1, 0.15) is 17.6 Å². The molecule has 5 heteroatoms. The van der Waals surface area contributed by atoms with Crippen molar-refractivity contribution in [2.45, 2.75) is 55.5 Å². The topological polar surface area (TPSA) is 32.8 Å². The van der Waals surface area contributed by atoms with Crippen molar-refractivity contribution in [3.63, 3.8) is 0 Å². The van der Waals surface area contributed by atoms with Crippen LogP contribution in [0.2, 0.25) is 0 Å². The number of benzene rings is 1. The van der Waals surface area contributed by atoms with Crippen LogP contribution >= 0.6 is 0 Å². The van der Waals surface area contributed by atoms with E-state index in [-0.39, 0.29) is 0 Å². The maximum atomic E-state index is 12.7. The van der Waals surface area contributed by atoms with Gasteiger partial charge >= 0.3 is 0 Å². The number of ether oxygens (including phenoxy) is 1. The van der Waals surface area contributed by atoms with Crippen molar-refractivity contribution in [1.29, 1.82) is 0 Å². The summed E-state index contributed by atoms with van der Waals surface area (Å²) in [5, 5.41) is 0. The highest BCUT2D eigenvalue weighted by atomic mass is 32.2. The zero-order chi connectivity index (χ0) is 18.2. The van der Waals surface area contributed by atoms with Crippen LogP contribution in [-0.4, -0.2) is 58.3 Å². The van der Waals surface area contributed by atoms with E-state index in [1.54, 1.807) is 0 Å². The molecule has 2 unspecified atom stereocenters. The Labute approximate surface area is 160 Å². The third-order valence-electron chi connectivity index (χ3n) is 5.53. The minimum Gasteiger partial charge on any atom is -0.369 e. The molecule has 0 N–H and O–H groups in total. The van der Waals surface area contributed by atoms with Crippen LogP contribution in [0.15, 0.2) is 35.2 Å². The molecule has 2 saturated heterocycles. The smallest absolute Gasteiger partial charge is 0.127 e. The van der Waals surface area contributed by atoms with E-state index in [0.717, 1.165) is 43.9 Å². The molecule has 0 spiro atoms. The fraction of sp³-hybridized carbons (Fsp3) is 0.619. The summed E-state index contributed by atoms with van der Waals surface area (Å²) in [7, 11) is -1.03. The van der Waals surface area contributed by atoms with Crippen molar-refractivity contribution in [1.82, 2.24) is 9.21 Å². The van der Waals surface area contributed by atoms with E-state index in [1.165, 1.54) is 25.8 Å². The molecule has 1 aromatic rings. The Morgan fingerprint density at radius 2 is 1.88 bits per heavy atom. The van der Waals surface area contributed by atoms with E-state index >= 15 is 0 Å². The average Bonchev–Trinajstić information content (AvgIpc) is 2.72. The minimum atomic E-state index is -1.03. The second kappa shape index (κ2) is 10.2. The molecule has 2 aliphatic heterocycles. The zero-order valence-electron chi connectivity index (χ0n) is 15.5. The maximum absolute atomic E-state index is 12.7. The third kappa shape index (κ3) is 5.17. The maximum Gasteiger partial charge on any atom is 0.127 e. The van der Waals surface area contributed by atoms with Crippen molar-refractivity contribution >= 4 is 11.0 Å². The first-order valence-corrected chi connectivity index (χ1v) is 10.9. The number of likely N-dealkylation sites (tertiary alicyclic amines) is 1. The van der Waals surface area contributed by atoms with E-state index in [4.69, 9.17) is 11.2 Å². The lowest BCUT2D eigenvalue weighted by atomic mass is 9.94. The molecule has 142 valence electrons. The molecular formula is C21H30N2O2S. The summed E-state index contributed by atoms with van der Waals surface area (Å²) in [5.41, 5.74) is 0. The molecule has 0 amide bonds. The predicted molar refractivity (Wildman–Crippen MR) is 106 cm³/mol. The summed E-state index contributed by atoms with van der Waals surface area (Å²) in [6.45, 7) is 4.16. The van der Waals surface area contributed by atoms with Gasteiger partial charge in [-0.1, -0.05) is 30.5 Å². The van der Waals surface area contributed by atoms with Gasteiger partial charge in [-0.05, 0) is 50.8 Å². The number of nitrogens with zero attached hydrogens (tertiary/aromatic N) is 2. The van der Waals surface area contributed by atoms with Crippen molar-refractivity contribution < 1.29 is 8.95 Å². The number of piperidine rings is 2. The van der Waals surface area contributed by atoms with Gasteiger partial charge in [0.2, 0.25) is 0 Å². The van der Waals surface area contributed by atoms with Crippen LogP contribution in [0.1, 0.15) is 38.5 Å². The molecule has 1 aromatic carbocycles. The Morgan fingerprint density at radius 1 is 1.12 bits per heavy atom. The fourth-order valence-corrected chi connectivity index (χ4v) is 5.42. The SMILES string of the molecule is C#CCOCCC1CCCCN1C1CCN(S(=O)c2ccccc2)CC1. The van der Waals surface area contributed by atoms with Gasteiger partial charge in [0, 0.05) is 31.8 Å². The van der Waals surface area contributed by atoms with Gasteiger partial charge in [-0.3, -0.25) is 4.90 Å². The molecule has 2 atom stereocenters. The zero-order valence-corrected chi connectivity index (χ0v) is 16.3. The Kier molecular flexibility index (Phi) is 7.69. The highest BCUT2D eigenvalue weighted by Crippen LogP contribution is 2.28. The normalized spacial score (nSPS) is 24.2. The Bertz CT molecular complexity index is 608. The highest BCUT2D eigenvalue weighted by molar-refractivity contribution is 7.82. The first-order valence-electron chi connectivity index (χ1n) is 9.78. The van der Waals surface area contributed by atoms with Crippen LogP contribution in [0.3, 0.4) is 0 Å². The summed E-state index contributed by atoms with van der Waals surface area (Å²) < 4.78 is 20.4. The lowest BCUT2D eigenvalue weighted by Gasteiger charge is -2.44. The third-order valence-corrected chi connectivity index (χ3v) is 7.03. The summed E-state index contributed by atoms with van der Waals surface area (Å²) in [4.78, 5) is 3.61. The molecule has 26 heavy (non-hydrogen) atoms. The van der Waals surface area contributed by atoms with Crippen molar-refractivity contribution in [2.24, 2.45) is 0 Å². The number of hydrogen-bond acceptors (Lipinski definition) is 3. The van der Waals surface area contributed by atoms with Crippen LogP contribution < -0.4 is 0 Å². The van der Waals surface area contributed by atoms with Crippen LogP contribution in [0.4, 0.5) is 0 Å². The molecule has 0 radical (unpaired) electrons. The van der Waals surface area contributed by atoms with Gasteiger partial charge in [0.25, 0.3) is 0 Å². The standard InChI is InChI=1S/C21H30N2O2S/c1-2-17-25-18-13-19-8-6-7-14-23(19)20-11-15-22(16-12-20)26(24)21-9-4-3-5-10-21/h1,3-5,9-10,19-20H,6-8,11-18H2. The lowest BCUT2D eigenvalue weighted by Crippen LogP contribution is -2.51. The van der Waals surface area contributed by atoms with Crippen LogP contribution in [0, 0.1) is 12.3 Å². The van der Waals surface area contributed by atoms with Crippen LogP contribution in [0.25, 0.3) is 0 Å². The molecular weight excluding hydrogens is 344 g/mol. The van der Waals surface area contributed by atoms with Gasteiger partial charge in [0.05, 0.1) is 4.90 Å². The van der Waals surface area contributed by atoms with E-state index in [9.17, 15) is 4.21 Å². The van der Waals surface area contributed by atoms with Gasteiger partial charge in [-0.15, -0.1) is 6.42 Å². The first-order chi connectivity index (χ1) is 12.8. The molecule has 2 heterocycles. The van der Waals surface area contributed by atoms with Crippen molar-refractivity contribution in [3.05, 3.63) is 30.3 Å². The summed E-state index contributed by atoms with van der Waals surface area (Å²) in [6.07, 6.45) is 12.4. The second-order valence-corrected chi connectivity index (χ2v) is 8.64. The average molecular weight is 375 g/mol. The molecule has 4 nitrogen and oxygen atoms in total. The first kappa shape index (κ1) is 19.6. The molecule has 0 aliphatic carbocycles. The highest BCUT2D eigenvalue weighted by Gasteiger charge is 2.32. The van der Waals surface area contributed by atoms with E-state index < -0.39 is 11.0 Å². The van der Waals surface area contributed by atoms with E-state index in [0.29, 0.717) is 18.7 Å². The number of terminal acetylenes is 1. The monoisotopic (exact) mass is 374 g/mol. The minimum absolute atomic E-state index is 0.413. The molecule has 0 aromatic heterocycles. The largest absolute Gasteiger partial charge is 0.369 e. The summed E-state index contributed by atoms with van der Waals surface area (Å²) in [6, 6.07) is 11.0. The molecule has 0 saturated carbocycles.